The third-order valence-electron chi connectivity index (χ3n) is 5.28. The van der Waals surface area contributed by atoms with Crippen molar-refractivity contribution in [3.05, 3.63) is 29.8 Å². The standard InChI is InChI=1S/C20H30N4O2/c1-20(2,3)13-4-6-14(7-5-13)22-15-8-10-16(11-9-15)23-18(25)17-12-21-19(26)24-17/h4-7,15-17,22H,8-12H2,1-3H3,(H,23,25)(H2,21,24,26)/t15?,16?,17-/m1/s1. The van der Waals surface area contributed by atoms with Crippen LogP contribution in [-0.4, -0.2) is 36.6 Å². The highest BCUT2D eigenvalue weighted by Gasteiger charge is 2.29. The van der Waals surface area contributed by atoms with E-state index >= 15 is 0 Å². The Balaban J connectivity index is 1.43. The number of hydrogen-bond donors (Lipinski definition) is 4. The van der Waals surface area contributed by atoms with E-state index in [9.17, 15) is 9.59 Å². The van der Waals surface area contributed by atoms with Crippen molar-refractivity contribution in [1.82, 2.24) is 16.0 Å². The van der Waals surface area contributed by atoms with E-state index in [-0.39, 0.29) is 23.4 Å². The van der Waals surface area contributed by atoms with Crippen LogP contribution in [0.25, 0.3) is 0 Å². The van der Waals surface area contributed by atoms with Gasteiger partial charge in [0.15, 0.2) is 0 Å². The Morgan fingerprint density at radius 1 is 1.04 bits per heavy atom. The Bertz CT molecular complexity index is 643. The summed E-state index contributed by atoms with van der Waals surface area (Å²) in [6, 6.07) is 8.62. The van der Waals surface area contributed by atoms with Gasteiger partial charge in [-0.1, -0.05) is 32.9 Å². The minimum atomic E-state index is -0.445. The molecule has 4 N–H and O–H groups in total. The molecular weight excluding hydrogens is 328 g/mol. The predicted molar refractivity (Wildman–Crippen MR) is 103 cm³/mol. The first-order valence-corrected chi connectivity index (χ1v) is 9.53. The maximum absolute atomic E-state index is 12.2. The van der Waals surface area contributed by atoms with Crippen molar-refractivity contribution in [3.63, 3.8) is 0 Å². The average molecular weight is 358 g/mol. The number of carbonyl (C=O) groups excluding carboxylic acids is 2. The molecule has 0 aromatic heterocycles. The lowest BCUT2D eigenvalue weighted by molar-refractivity contribution is -0.123. The van der Waals surface area contributed by atoms with E-state index in [1.54, 1.807) is 0 Å². The highest BCUT2D eigenvalue weighted by Crippen LogP contribution is 2.26. The number of carbonyl (C=O) groups is 2. The van der Waals surface area contributed by atoms with E-state index in [1.807, 2.05) is 0 Å². The fourth-order valence-electron chi connectivity index (χ4n) is 3.60. The molecule has 6 heteroatoms. The van der Waals surface area contributed by atoms with E-state index < -0.39 is 6.04 Å². The van der Waals surface area contributed by atoms with Gasteiger partial charge in [0.25, 0.3) is 0 Å². The van der Waals surface area contributed by atoms with Crippen LogP contribution in [0, 0.1) is 0 Å². The molecule has 1 atom stereocenters. The molecule has 0 spiro atoms. The van der Waals surface area contributed by atoms with E-state index in [0.29, 0.717) is 12.6 Å². The number of rotatable bonds is 4. The Hall–Kier alpha value is -2.24. The average Bonchev–Trinajstić information content (AvgIpc) is 3.03. The number of hydrogen-bond acceptors (Lipinski definition) is 3. The topological polar surface area (TPSA) is 82.3 Å². The van der Waals surface area contributed by atoms with Crippen molar-refractivity contribution in [2.24, 2.45) is 0 Å². The van der Waals surface area contributed by atoms with Gasteiger partial charge in [-0.05, 0) is 48.8 Å². The number of benzene rings is 1. The van der Waals surface area contributed by atoms with Crippen LogP contribution < -0.4 is 21.3 Å². The highest BCUT2D eigenvalue weighted by atomic mass is 16.2. The molecule has 1 heterocycles. The molecule has 2 fully saturated rings. The summed E-state index contributed by atoms with van der Waals surface area (Å²) in [5, 5.41) is 11.9. The molecule has 2 aliphatic rings. The fraction of sp³-hybridized carbons (Fsp3) is 0.600. The maximum Gasteiger partial charge on any atom is 0.315 e. The van der Waals surface area contributed by atoms with E-state index in [4.69, 9.17) is 0 Å². The monoisotopic (exact) mass is 358 g/mol. The first-order valence-electron chi connectivity index (χ1n) is 9.53. The second-order valence-electron chi connectivity index (χ2n) is 8.44. The number of anilines is 1. The molecule has 0 radical (unpaired) electrons. The van der Waals surface area contributed by atoms with E-state index in [2.05, 4.69) is 66.3 Å². The molecule has 142 valence electrons. The van der Waals surface area contributed by atoms with Crippen molar-refractivity contribution in [2.75, 3.05) is 11.9 Å². The summed E-state index contributed by atoms with van der Waals surface area (Å²) in [6.45, 7) is 7.03. The molecule has 1 saturated heterocycles. The van der Waals surface area contributed by atoms with Crippen molar-refractivity contribution in [3.8, 4) is 0 Å². The zero-order valence-corrected chi connectivity index (χ0v) is 15.9. The first kappa shape index (κ1) is 18.5. The number of urea groups is 1. The maximum atomic E-state index is 12.2. The quantitative estimate of drug-likeness (QED) is 0.667. The normalized spacial score (nSPS) is 26.0. The molecule has 1 aromatic carbocycles. The third kappa shape index (κ3) is 4.68. The lowest BCUT2D eigenvalue weighted by Crippen LogP contribution is -2.48. The van der Waals surface area contributed by atoms with E-state index in [1.165, 1.54) is 5.56 Å². The summed E-state index contributed by atoms with van der Waals surface area (Å²) in [7, 11) is 0. The summed E-state index contributed by atoms with van der Waals surface area (Å²) in [6.07, 6.45) is 3.97. The first-order chi connectivity index (χ1) is 12.3. The summed E-state index contributed by atoms with van der Waals surface area (Å²) in [5.74, 6) is -0.0856. The van der Waals surface area contributed by atoms with Crippen LogP contribution in [0.15, 0.2) is 24.3 Å². The Kier molecular flexibility index (Phi) is 5.39. The summed E-state index contributed by atoms with van der Waals surface area (Å²) >= 11 is 0. The van der Waals surface area contributed by atoms with E-state index in [0.717, 1.165) is 31.4 Å². The molecule has 1 aliphatic carbocycles. The Morgan fingerprint density at radius 3 is 2.19 bits per heavy atom. The lowest BCUT2D eigenvalue weighted by Gasteiger charge is -2.31. The van der Waals surface area contributed by atoms with Crippen LogP contribution in [0.5, 0.6) is 0 Å². The minimum Gasteiger partial charge on any atom is -0.382 e. The Morgan fingerprint density at radius 2 is 1.65 bits per heavy atom. The number of nitrogens with one attached hydrogen (secondary N) is 4. The van der Waals surface area contributed by atoms with Gasteiger partial charge in [-0.25, -0.2) is 4.79 Å². The fourth-order valence-corrected chi connectivity index (χ4v) is 3.60. The van der Waals surface area contributed by atoms with Crippen LogP contribution >= 0.6 is 0 Å². The zero-order valence-electron chi connectivity index (χ0n) is 15.9. The predicted octanol–water partition coefficient (Wildman–Crippen LogP) is 2.50. The highest BCUT2D eigenvalue weighted by molar-refractivity contribution is 5.90. The zero-order chi connectivity index (χ0) is 18.7. The molecular formula is C20H30N4O2. The van der Waals surface area contributed by atoms with Crippen LogP contribution in [0.4, 0.5) is 10.5 Å². The summed E-state index contributed by atoms with van der Waals surface area (Å²) in [5.41, 5.74) is 2.66. The van der Waals surface area contributed by atoms with Gasteiger partial charge >= 0.3 is 6.03 Å². The van der Waals surface area contributed by atoms with Crippen molar-refractivity contribution in [2.45, 2.75) is 70.0 Å². The smallest absolute Gasteiger partial charge is 0.315 e. The second kappa shape index (κ2) is 7.56. The van der Waals surface area contributed by atoms with Gasteiger partial charge in [-0.3, -0.25) is 4.79 Å². The molecule has 3 amide bonds. The summed E-state index contributed by atoms with van der Waals surface area (Å²) in [4.78, 5) is 23.3. The number of amides is 3. The van der Waals surface area contributed by atoms with Crippen LogP contribution in [0.1, 0.15) is 52.0 Å². The van der Waals surface area contributed by atoms with Gasteiger partial charge in [0, 0.05) is 24.3 Å². The second-order valence-corrected chi connectivity index (χ2v) is 8.44. The minimum absolute atomic E-state index is 0.0856. The molecule has 0 unspecified atom stereocenters. The molecule has 1 saturated carbocycles. The van der Waals surface area contributed by atoms with Crippen molar-refractivity contribution in [1.29, 1.82) is 0 Å². The van der Waals surface area contributed by atoms with Gasteiger partial charge < -0.3 is 21.3 Å². The van der Waals surface area contributed by atoms with Gasteiger partial charge in [0.2, 0.25) is 5.91 Å². The van der Waals surface area contributed by atoms with Gasteiger partial charge in [0.1, 0.15) is 6.04 Å². The Labute approximate surface area is 155 Å². The van der Waals surface area contributed by atoms with Crippen LogP contribution in [-0.2, 0) is 10.2 Å². The van der Waals surface area contributed by atoms with Gasteiger partial charge in [-0.2, -0.15) is 0 Å². The van der Waals surface area contributed by atoms with Crippen LogP contribution in [0.3, 0.4) is 0 Å². The van der Waals surface area contributed by atoms with Gasteiger partial charge in [-0.15, -0.1) is 0 Å². The summed E-state index contributed by atoms with van der Waals surface area (Å²) < 4.78 is 0. The third-order valence-corrected chi connectivity index (χ3v) is 5.28. The van der Waals surface area contributed by atoms with Crippen molar-refractivity contribution >= 4 is 17.6 Å². The molecule has 3 rings (SSSR count). The molecule has 6 nitrogen and oxygen atoms in total. The van der Waals surface area contributed by atoms with Gasteiger partial charge in [0.05, 0.1) is 0 Å². The molecule has 26 heavy (non-hydrogen) atoms. The SMILES string of the molecule is CC(C)(C)c1ccc(NC2CCC(NC(=O)[C@H]3CNC(=O)N3)CC2)cc1. The largest absolute Gasteiger partial charge is 0.382 e. The molecule has 0 bridgehead atoms. The molecule has 1 aromatic rings. The van der Waals surface area contributed by atoms with Crippen LogP contribution in [0.2, 0.25) is 0 Å². The molecule has 1 aliphatic heterocycles. The van der Waals surface area contributed by atoms with Crippen molar-refractivity contribution < 1.29 is 9.59 Å². The lowest BCUT2D eigenvalue weighted by atomic mass is 9.87.